The number of hydrogen-bond acceptors (Lipinski definition) is 4. The number of carbonyl (C=O) groups excluding carboxylic acids is 1. The van der Waals surface area contributed by atoms with E-state index >= 15 is 0 Å². The van der Waals surface area contributed by atoms with Crippen LogP contribution < -0.4 is 10.1 Å². The Balaban J connectivity index is 1.32. The standard InChI is InChI=1S/C22H27N3O3/c26-22(25-14-12-24(13-15-25)17-19-9-6-16-27-19)23-20-10-4-5-11-21(20)28-18-7-2-1-3-8-18/h1-5,7-8,10-11,19H,6,9,12-17H2,(H,23,26). The molecule has 2 aromatic rings. The molecule has 1 unspecified atom stereocenters. The van der Waals surface area contributed by atoms with Crippen molar-refractivity contribution in [3.05, 3.63) is 54.6 Å². The van der Waals surface area contributed by atoms with Crippen LogP contribution in [0, 0.1) is 0 Å². The largest absolute Gasteiger partial charge is 0.455 e. The van der Waals surface area contributed by atoms with E-state index in [9.17, 15) is 4.79 Å². The Morgan fingerprint density at radius 2 is 1.79 bits per heavy atom. The second-order valence-electron chi connectivity index (χ2n) is 7.26. The molecule has 2 aliphatic heterocycles. The molecule has 4 rings (SSSR count). The Hall–Kier alpha value is -2.57. The Kier molecular flexibility index (Phi) is 6.09. The molecule has 6 heteroatoms. The second kappa shape index (κ2) is 9.08. The molecule has 0 saturated carbocycles. The summed E-state index contributed by atoms with van der Waals surface area (Å²) in [5, 5.41) is 3.01. The van der Waals surface area contributed by atoms with E-state index in [1.807, 2.05) is 59.5 Å². The van der Waals surface area contributed by atoms with Crippen LogP contribution in [-0.2, 0) is 4.74 Å². The first-order valence-corrected chi connectivity index (χ1v) is 10.00. The molecule has 2 aliphatic rings. The number of nitrogens with zero attached hydrogens (tertiary/aromatic N) is 2. The number of ether oxygens (including phenoxy) is 2. The predicted molar refractivity (Wildman–Crippen MR) is 109 cm³/mol. The number of benzene rings is 2. The lowest BCUT2D eigenvalue weighted by atomic mass is 10.2. The van der Waals surface area contributed by atoms with Crippen LogP contribution in [0.4, 0.5) is 10.5 Å². The SMILES string of the molecule is O=C(Nc1ccccc1Oc1ccccc1)N1CCN(CC2CCCO2)CC1. The molecule has 1 atom stereocenters. The van der Waals surface area contributed by atoms with Crippen molar-refractivity contribution < 1.29 is 14.3 Å². The van der Waals surface area contributed by atoms with Crippen molar-refractivity contribution >= 4 is 11.7 Å². The summed E-state index contributed by atoms with van der Waals surface area (Å²) in [5.41, 5.74) is 0.679. The fraction of sp³-hybridized carbons (Fsp3) is 0.409. The van der Waals surface area contributed by atoms with Gasteiger partial charge in [0.1, 0.15) is 5.75 Å². The van der Waals surface area contributed by atoms with Crippen LogP contribution in [0.3, 0.4) is 0 Å². The van der Waals surface area contributed by atoms with Gasteiger partial charge in [-0.3, -0.25) is 4.90 Å². The van der Waals surface area contributed by atoms with Gasteiger partial charge in [0.15, 0.2) is 5.75 Å². The molecule has 2 heterocycles. The van der Waals surface area contributed by atoms with Gasteiger partial charge in [0.25, 0.3) is 0 Å². The van der Waals surface area contributed by atoms with Crippen molar-refractivity contribution in [3.8, 4) is 11.5 Å². The summed E-state index contributed by atoms with van der Waals surface area (Å²) >= 11 is 0. The zero-order valence-electron chi connectivity index (χ0n) is 16.0. The third kappa shape index (κ3) is 4.82. The van der Waals surface area contributed by atoms with Gasteiger partial charge in [-0.15, -0.1) is 0 Å². The summed E-state index contributed by atoms with van der Waals surface area (Å²) in [6.45, 7) is 5.08. The molecule has 2 aromatic carbocycles. The van der Waals surface area contributed by atoms with Crippen LogP contribution >= 0.6 is 0 Å². The highest BCUT2D eigenvalue weighted by Gasteiger charge is 2.25. The Morgan fingerprint density at radius 3 is 2.54 bits per heavy atom. The van der Waals surface area contributed by atoms with Crippen molar-refractivity contribution in [2.45, 2.75) is 18.9 Å². The molecule has 0 spiro atoms. The monoisotopic (exact) mass is 381 g/mol. The topological polar surface area (TPSA) is 54.0 Å². The highest BCUT2D eigenvalue weighted by molar-refractivity contribution is 5.91. The molecule has 1 N–H and O–H groups in total. The van der Waals surface area contributed by atoms with Crippen LogP contribution in [0.25, 0.3) is 0 Å². The molecule has 148 valence electrons. The molecule has 2 saturated heterocycles. The summed E-state index contributed by atoms with van der Waals surface area (Å²) < 4.78 is 11.7. The smallest absolute Gasteiger partial charge is 0.322 e. The quantitative estimate of drug-likeness (QED) is 0.856. The number of piperazine rings is 1. The van der Waals surface area contributed by atoms with Gasteiger partial charge >= 0.3 is 6.03 Å². The van der Waals surface area contributed by atoms with Gasteiger partial charge in [0.05, 0.1) is 11.8 Å². The number of hydrogen-bond donors (Lipinski definition) is 1. The summed E-state index contributed by atoms with van der Waals surface area (Å²) in [4.78, 5) is 17.0. The normalized spacial score (nSPS) is 20.1. The number of para-hydroxylation sites is 3. The number of amides is 2. The minimum Gasteiger partial charge on any atom is -0.455 e. The number of carbonyl (C=O) groups is 1. The first kappa shape index (κ1) is 18.8. The number of anilines is 1. The first-order valence-electron chi connectivity index (χ1n) is 10.00. The molecule has 28 heavy (non-hydrogen) atoms. The first-order chi connectivity index (χ1) is 13.8. The zero-order valence-corrected chi connectivity index (χ0v) is 16.0. The lowest BCUT2D eigenvalue weighted by molar-refractivity contribution is 0.0571. The summed E-state index contributed by atoms with van der Waals surface area (Å²) in [6.07, 6.45) is 2.68. The van der Waals surface area contributed by atoms with Gasteiger partial charge in [-0.2, -0.15) is 0 Å². The minimum atomic E-state index is -0.0825. The lowest BCUT2D eigenvalue weighted by Crippen LogP contribution is -2.51. The molecule has 0 aromatic heterocycles. The number of nitrogens with one attached hydrogen (secondary N) is 1. The fourth-order valence-electron chi connectivity index (χ4n) is 3.68. The van der Waals surface area contributed by atoms with Crippen molar-refractivity contribution in [1.82, 2.24) is 9.80 Å². The molecular weight excluding hydrogens is 354 g/mol. The zero-order chi connectivity index (χ0) is 19.2. The van der Waals surface area contributed by atoms with E-state index in [4.69, 9.17) is 9.47 Å². The third-order valence-corrected chi connectivity index (χ3v) is 5.25. The Bertz CT molecular complexity index is 770. The Morgan fingerprint density at radius 1 is 1.04 bits per heavy atom. The molecule has 6 nitrogen and oxygen atoms in total. The van der Waals surface area contributed by atoms with Crippen molar-refractivity contribution in [3.63, 3.8) is 0 Å². The molecule has 2 fully saturated rings. The van der Waals surface area contributed by atoms with E-state index in [2.05, 4.69) is 10.2 Å². The lowest BCUT2D eigenvalue weighted by Gasteiger charge is -2.35. The molecule has 0 radical (unpaired) electrons. The van der Waals surface area contributed by atoms with E-state index in [-0.39, 0.29) is 6.03 Å². The van der Waals surface area contributed by atoms with Gasteiger partial charge in [0.2, 0.25) is 0 Å². The maximum Gasteiger partial charge on any atom is 0.322 e. The minimum absolute atomic E-state index is 0.0825. The van der Waals surface area contributed by atoms with Gasteiger partial charge in [-0.1, -0.05) is 30.3 Å². The van der Waals surface area contributed by atoms with E-state index < -0.39 is 0 Å². The van der Waals surface area contributed by atoms with Gasteiger partial charge in [0, 0.05) is 39.3 Å². The molecule has 0 bridgehead atoms. The molecular formula is C22H27N3O3. The molecule has 2 amide bonds. The highest BCUT2D eigenvalue weighted by atomic mass is 16.5. The van der Waals surface area contributed by atoms with E-state index in [0.29, 0.717) is 17.5 Å². The van der Waals surface area contributed by atoms with Crippen LogP contribution in [-0.4, -0.2) is 61.3 Å². The summed E-state index contributed by atoms with van der Waals surface area (Å²) in [6, 6.07) is 17.0. The maximum absolute atomic E-state index is 12.7. The van der Waals surface area contributed by atoms with Crippen LogP contribution in [0.2, 0.25) is 0 Å². The average molecular weight is 381 g/mol. The third-order valence-electron chi connectivity index (χ3n) is 5.25. The van der Waals surface area contributed by atoms with Gasteiger partial charge in [-0.25, -0.2) is 4.79 Å². The van der Waals surface area contributed by atoms with Crippen molar-refractivity contribution in [2.24, 2.45) is 0 Å². The highest BCUT2D eigenvalue weighted by Crippen LogP contribution is 2.29. The van der Waals surface area contributed by atoms with Gasteiger partial charge in [-0.05, 0) is 37.1 Å². The Labute approximate surface area is 166 Å². The van der Waals surface area contributed by atoms with E-state index in [0.717, 1.165) is 57.9 Å². The van der Waals surface area contributed by atoms with E-state index in [1.165, 1.54) is 0 Å². The second-order valence-corrected chi connectivity index (χ2v) is 7.26. The van der Waals surface area contributed by atoms with Crippen LogP contribution in [0.15, 0.2) is 54.6 Å². The van der Waals surface area contributed by atoms with Crippen LogP contribution in [0.5, 0.6) is 11.5 Å². The van der Waals surface area contributed by atoms with Crippen molar-refractivity contribution in [2.75, 3.05) is 44.6 Å². The summed E-state index contributed by atoms with van der Waals surface area (Å²) in [7, 11) is 0. The molecule has 0 aliphatic carbocycles. The maximum atomic E-state index is 12.7. The van der Waals surface area contributed by atoms with E-state index in [1.54, 1.807) is 0 Å². The summed E-state index contributed by atoms with van der Waals surface area (Å²) in [5.74, 6) is 1.38. The van der Waals surface area contributed by atoms with Crippen LogP contribution in [0.1, 0.15) is 12.8 Å². The van der Waals surface area contributed by atoms with Crippen molar-refractivity contribution in [1.29, 1.82) is 0 Å². The fourth-order valence-corrected chi connectivity index (χ4v) is 3.68. The number of rotatable bonds is 5. The van der Waals surface area contributed by atoms with Gasteiger partial charge < -0.3 is 19.7 Å². The number of urea groups is 1. The predicted octanol–water partition coefficient (Wildman–Crippen LogP) is 3.81. The average Bonchev–Trinajstić information content (AvgIpc) is 3.24.